The van der Waals surface area contributed by atoms with Crippen molar-refractivity contribution in [3.05, 3.63) is 29.8 Å². The van der Waals surface area contributed by atoms with E-state index in [1.54, 1.807) is 0 Å². The maximum atomic E-state index is 3.64. The summed E-state index contributed by atoms with van der Waals surface area (Å²) in [5.74, 6) is 0.928. The van der Waals surface area contributed by atoms with Gasteiger partial charge in [-0.2, -0.15) is 0 Å². The van der Waals surface area contributed by atoms with Crippen molar-refractivity contribution >= 4 is 5.69 Å². The molecule has 2 heterocycles. The van der Waals surface area contributed by atoms with Crippen LogP contribution in [0.5, 0.6) is 0 Å². The molecule has 2 heteroatoms. The average Bonchev–Trinajstić information content (AvgIpc) is 2.62. The molecule has 0 spiro atoms. The first kappa shape index (κ1) is 12.0. The molecule has 1 aromatic rings. The SMILES string of the molecule is CC1CCN(C2CCc3ccccc3NC2)CC1. The molecule has 0 saturated carbocycles. The number of fused-ring (bicyclic) bond motifs is 1. The number of para-hydroxylation sites is 1. The number of hydrogen-bond acceptors (Lipinski definition) is 2. The lowest BCUT2D eigenvalue weighted by Gasteiger charge is -2.36. The zero-order chi connectivity index (χ0) is 12.4. The van der Waals surface area contributed by atoms with Crippen molar-refractivity contribution in [1.82, 2.24) is 4.90 Å². The number of nitrogens with one attached hydrogen (secondary N) is 1. The minimum atomic E-state index is 0.727. The lowest BCUT2D eigenvalue weighted by molar-refractivity contribution is 0.138. The van der Waals surface area contributed by atoms with Crippen LogP contribution in [0.2, 0.25) is 0 Å². The Kier molecular flexibility index (Phi) is 3.55. The van der Waals surface area contributed by atoms with E-state index in [2.05, 4.69) is 41.4 Å². The van der Waals surface area contributed by atoms with E-state index in [0.29, 0.717) is 0 Å². The Morgan fingerprint density at radius 3 is 2.72 bits per heavy atom. The van der Waals surface area contributed by atoms with Crippen molar-refractivity contribution < 1.29 is 0 Å². The van der Waals surface area contributed by atoms with Gasteiger partial charge in [0.1, 0.15) is 0 Å². The lowest BCUT2D eigenvalue weighted by Crippen LogP contribution is -2.44. The third kappa shape index (κ3) is 2.54. The van der Waals surface area contributed by atoms with Gasteiger partial charge in [0.05, 0.1) is 0 Å². The monoisotopic (exact) mass is 244 g/mol. The van der Waals surface area contributed by atoms with Gasteiger partial charge in [-0.15, -0.1) is 0 Å². The van der Waals surface area contributed by atoms with Gasteiger partial charge in [0, 0.05) is 18.3 Å². The third-order valence-electron chi connectivity index (χ3n) is 4.63. The Morgan fingerprint density at radius 2 is 1.89 bits per heavy atom. The van der Waals surface area contributed by atoms with Gasteiger partial charge >= 0.3 is 0 Å². The van der Waals surface area contributed by atoms with E-state index < -0.39 is 0 Å². The van der Waals surface area contributed by atoms with Gasteiger partial charge in [-0.05, 0) is 56.3 Å². The van der Waals surface area contributed by atoms with Crippen molar-refractivity contribution in [3.63, 3.8) is 0 Å². The van der Waals surface area contributed by atoms with Crippen LogP contribution in [-0.2, 0) is 6.42 Å². The molecule has 2 nitrogen and oxygen atoms in total. The second-order valence-corrected chi connectivity index (χ2v) is 5.95. The Morgan fingerprint density at radius 1 is 1.11 bits per heavy atom. The molecule has 3 rings (SSSR count). The molecule has 0 aromatic heterocycles. The molecule has 1 atom stereocenters. The topological polar surface area (TPSA) is 15.3 Å². The smallest absolute Gasteiger partial charge is 0.0373 e. The Balaban J connectivity index is 1.64. The quantitative estimate of drug-likeness (QED) is 0.816. The zero-order valence-electron chi connectivity index (χ0n) is 11.4. The number of hydrogen-bond donors (Lipinski definition) is 1. The maximum absolute atomic E-state index is 3.64. The first-order chi connectivity index (χ1) is 8.83. The Labute approximate surface area is 110 Å². The first-order valence-corrected chi connectivity index (χ1v) is 7.39. The molecule has 1 fully saturated rings. The number of rotatable bonds is 1. The van der Waals surface area contributed by atoms with Crippen LogP contribution in [0.15, 0.2) is 24.3 Å². The molecule has 2 aliphatic heterocycles. The summed E-state index contributed by atoms with van der Waals surface area (Å²) in [6.45, 7) is 6.09. The van der Waals surface area contributed by atoms with E-state index in [1.165, 1.54) is 50.0 Å². The molecule has 0 aliphatic carbocycles. The molecule has 1 saturated heterocycles. The van der Waals surface area contributed by atoms with Gasteiger partial charge in [-0.1, -0.05) is 25.1 Å². The van der Waals surface area contributed by atoms with Crippen molar-refractivity contribution in [2.45, 2.75) is 38.6 Å². The summed E-state index contributed by atoms with van der Waals surface area (Å²) in [5.41, 5.74) is 2.84. The predicted molar refractivity (Wildman–Crippen MR) is 77.0 cm³/mol. The minimum Gasteiger partial charge on any atom is -0.383 e. The number of piperidine rings is 1. The second-order valence-electron chi connectivity index (χ2n) is 5.95. The summed E-state index contributed by atoms with van der Waals surface area (Å²) < 4.78 is 0. The highest BCUT2D eigenvalue weighted by Crippen LogP contribution is 2.25. The molecule has 1 aromatic carbocycles. The molecular weight excluding hydrogens is 220 g/mol. The van der Waals surface area contributed by atoms with Crippen LogP contribution in [-0.4, -0.2) is 30.6 Å². The lowest BCUT2D eigenvalue weighted by atomic mass is 9.96. The summed E-state index contributed by atoms with van der Waals surface area (Å²) in [5, 5.41) is 3.64. The van der Waals surface area contributed by atoms with Crippen molar-refractivity contribution in [2.24, 2.45) is 5.92 Å². The van der Waals surface area contributed by atoms with E-state index in [1.807, 2.05) is 0 Å². The van der Waals surface area contributed by atoms with Crippen LogP contribution in [0.25, 0.3) is 0 Å². The number of likely N-dealkylation sites (tertiary alicyclic amines) is 1. The first-order valence-electron chi connectivity index (χ1n) is 7.39. The molecule has 1 N–H and O–H groups in total. The van der Waals surface area contributed by atoms with Gasteiger partial charge in [0.2, 0.25) is 0 Å². The van der Waals surface area contributed by atoms with Gasteiger partial charge in [-0.25, -0.2) is 0 Å². The van der Waals surface area contributed by atoms with Crippen molar-refractivity contribution in [1.29, 1.82) is 0 Å². The van der Waals surface area contributed by atoms with E-state index >= 15 is 0 Å². The number of nitrogens with zero attached hydrogens (tertiary/aromatic N) is 1. The minimum absolute atomic E-state index is 0.727. The van der Waals surface area contributed by atoms with Crippen molar-refractivity contribution in [3.8, 4) is 0 Å². The fraction of sp³-hybridized carbons (Fsp3) is 0.625. The summed E-state index contributed by atoms with van der Waals surface area (Å²) in [6, 6.07) is 9.50. The van der Waals surface area contributed by atoms with Crippen LogP contribution in [0.3, 0.4) is 0 Å². The summed E-state index contributed by atoms with van der Waals surface area (Å²) in [7, 11) is 0. The van der Waals surface area contributed by atoms with Gasteiger partial charge in [0.25, 0.3) is 0 Å². The second kappa shape index (κ2) is 5.31. The average molecular weight is 244 g/mol. The number of aryl methyl sites for hydroxylation is 1. The van der Waals surface area contributed by atoms with Gasteiger partial charge in [-0.3, -0.25) is 4.90 Å². The summed E-state index contributed by atoms with van der Waals surface area (Å²) in [4.78, 5) is 2.71. The Bertz CT molecular complexity index is 367. The Hall–Kier alpha value is -1.02. The van der Waals surface area contributed by atoms with E-state index in [-0.39, 0.29) is 0 Å². The molecular formula is C16H24N2. The molecule has 0 radical (unpaired) electrons. The highest BCUT2D eigenvalue weighted by atomic mass is 15.2. The predicted octanol–water partition coefficient (Wildman–Crippen LogP) is 3.15. The molecule has 2 aliphatic rings. The summed E-state index contributed by atoms with van der Waals surface area (Å²) >= 11 is 0. The molecule has 0 bridgehead atoms. The largest absolute Gasteiger partial charge is 0.383 e. The molecule has 1 unspecified atom stereocenters. The maximum Gasteiger partial charge on any atom is 0.0373 e. The van der Waals surface area contributed by atoms with Gasteiger partial charge < -0.3 is 5.32 Å². The summed E-state index contributed by atoms with van der Waals surface area (Å²) in [6.07, 6.45) is 5.28. The highest BCUT2D eigenvalue weighted by Gasteiger charge is 2.24. The number of benzene rings is 1. The normalized spacial score (nSPS) is 26.2. The van der Waals surface area contributed by atoms with Crippen LogP contribution in [0.1, 0.15) is 31.7 Å². The molecule has 18 heavy (non-hydrogen) atoms. The van der Waals surface area contributed by atoms with E-state index in [4.69, 9.17) is 0 Å². The van der Waals surface area contributed by atoms with E-state index in [0.717, 1.165) is 18.5 Å². The van der Waals surface area contributed by atoms with Crippen LogP contribution in [0.4, 0.5) is 5.69 Å². The van der Waals surface area contributed by atoms with Gasteiger partial charge in [0.15, 0.2) is 0 Å². The zero-order valence-corrected chi connectivity index (χ0v) is 11.4. The van der Waals surface area contributed by atoms with Crippen LogP contribution in [0, 0.1) is 5.92 Å². The number of anilines is 1. The van der Waals surface area contributed by atoms with Crippen molar-refractivity contribution in [2.75, 3.05) is 25.0 Å². The standard InChI is InChI=1S/C16H24N2/c1-13-8-10-18(11-9-13)15-7-6-14-4-2-3-5-16(14)17-12-15/h2-5,13,15,17H,6-12H2,1H3. The van der Waals surface area contributed by atoms with Crippen LogP contribution >= 0.6 is 0 Å². The van der Waals surface area contributed by atoms with E-state index in [9.17, 15) is 0 Å². The fourth-order valence-corrected chi connectivity index (χ4v) is 3.27. The highest BCUT2D eigenvalue weighted by molar-refractivity contribution is 5.52. The molecule has 98 valence electrons. The third-order valence-corrected chi connectivity index (χ3v) is 4.63. The fourth-order valence-electron chi connectivity index (χ4n) is 3.27. The molecule has 0 amide bonds. The van der Waals surface area contributed by atoms with Crippen LogP contribution < -0.4 is 5.32 Å².